The van der Waals surface area contributed by atoms with Gasteiger partial charge in [0, 0.05) is 20.2 Å². The van der Waals surface area contributed by atoms with Crippen LogP contribution in [0.25, 0.3) is 0 Å². The van der Waals surface area contributed by atoms with Gasteiger partial charge in [-0.05, 0) is 104 Å². The molecule has 1 unspecified atom stereocenters. The molecule has 0 aliphatic carbocycles. The molecule has 0 N–H and O–H groups in total. The van der Waals surface area contributed by atoms with Crippen LogP contribution < -0.4 is 0 Å². The van der Waals surface area contributed by atoms with Crippen LogP contribution in [0.1, 0.15) is 61.3 Å². The number of benzene rings is 2. The van der Waals surface area contributed by atoms with Crippen LogP contribution in [-0.2, 0) is 16.2 Å². The van der Waals surface area contributed by atoms with E-state index in [4.69, 9.17) is 9.57 Å². The summed E-state index contributed by atoms with van der Waals surface area (Å²) in [5, 5.41) is 2.21. The summed E-state index contributed by atoms with van der Waals surface area (Å²) in [6.45, 7) is 11.8. The van der Waals surface area contributed by atoms with Crippen LogP contribution in [0.15, 0.2) is 48.5 Å². The van der Waals surface area contributed by atoms with E-state index in [9.17, 15) is 0 Å². The zero-order chi connectivity index (χ0) is 21.2. The Morgan fingerprint density at radius 3 is 2.17 bits per heavy atom. The minimum absolute atomic E-state index is 0.0238. The fourth-order valence-corrected chi connectivity index (χ4v) is 6.32. The maximum atomic E-state index is 6.57. The summed E-state index contributed by atoms with van der Waals surface area (Å²) in [6, 6.07) is 17.0. The Morgan fingerprint density at radius 2 is 1.59 bits per heavy atom. The minimum Gasteiger partial charge on any atom is -0.373 e. The minimum atomic E-state index is -0.122. The second kappa shape index (κ2) is 9.51. The predicted octanol–water partition coefficient (Wildman–Crippen LogP) is 7.20. The van der Waals surface area contributed by atoms with Crippen LogP contribution in [-0.4, -0.2) is 22.2 Å². The summed E-state index contributed by atoms with van der Waals surface area (Å²) in [7, 11) is 0. The van der Waals surface area contributed by atoms with Crippen molar-refractivity contribution in [1.82, 2.24) is 5.06 Å². The normalized spacial score (nSPS) is 20.5. The molecule has 158 valence electrons. The SMILES string of the molecule is Cc1ccc(COC2CC(C)(C)N(OC(I)c3ccccc3I)C(C)(C)C2)cc1. The van der Waals surface area contributed by atoms with E-state index in [1.807, 2.05) is 0 Å². The number of alkyl halides is 1. The van der Waals surface area contributed by atoms with E-state index in [0.29, 0.717) is 6.61 Å². The standard InChI is InChI=1S/C24H31I2NO2/c1-17-10-12-18(13-11-17)16-28-19-14-23(2,3)27(24(4,5)15-19)29-22(26)20-8-6-7-9-21(20)25/h6-13,19,22H,14-16H2,1-5H3. The quantitative estimate of drug-likeness (QED) is 0.252. The van der Waals surface area contributed by atoms with Crippen molar-refractivity contribution in [2.75, 3.05) is 0 Å². The van der Waals surface area contributed by atoms with Crippen molar-refractivity contribution in [3.63, 3.8) is 0 Å². The molecule has 3 rings (SSSR count). The first kappa shape index (κ1) is 23.4. The van der Waals surface area contributed by atoms with Crippen molar-refractivity contribution in [3.05, 3.63) is 68.8 Å². The lowest BCUT2D eigenvalue weighted by molar-refractivity contribution is -0.301. The first-order chi connectivity index (χ1) is 13.6. The molecule has 0 saturated carbocycles. The zero-order valence-corrected chi connectivity index (χ0v) is 22.2. The van der Waals surface area contributed by atoms with E-state index >= 15 is 0 Å². The molecule has 3 nitrogen and oxygen atoms in total. The van der Waals surface area contributed by atoms with Crippen LogP contribution in [0.4, 0.5) is 0 Å². The molecular weight excluding hydrogens is 588 g/mol. The molecule has 1 aliphatic rings. The van der Waals surface area contributed by atoms with Crippen LogP contribution in [0.2, 0.25) is 0 Å². The van der Waals surface area contributed by atoms with Gasteiger partial charge in [0.1, 0.15) is 0 Å². The van der Waals surface area contributed by atoms with Crippen molar-refractivity contribution in [2.45, 2.75) is 75.4 Å². The van der Waals surface area contributed by atoms with E-state index in [1.165, 1.54) is 20.3 Å². The van der Waals surface area contributed by atoms with Crippen LogP contribution >= 0.6 is 45.2 Å². The number of nitrogens with zero attached hydrogens (tertiary/aromatic N) is 1. The number of halogens is 2. The number of hydrogen-bond donors (Lipinski definition) is 0. The smallest absolute Gasteiger partial charge is 0.156 e. The number of piperidine rings is 1. The third-order valence-electron chi connectivity index (χ3n) is 5.51. The maximum Gasteiger partial charge on any atom is 0.156 e. The highest BCUT2D eigenvalue weighted by Gasteiger charge is 2.47. The molecule has 2 aromatic carbocycles. The number of aryl methyl sites for hydroxylation is 1. The molecule has 29 heavy (non-hydrogen) atoms. The number of hydroxylamine groups is 2. The summed E-state index contributed by atoms with van der Waals surface area (Å²) in [5.74, 6) is 0. The van der Waals surface area contributed by atoms with Gasteiger partial charge in [0.15, 0.2) is 4.11 Å². The maximum absolute atomic E-state index is 6.57. The van der Waals surface area contributed by atoms with Crippen molar-refractivity contribution in [1.29, 1.82) is 0 Å². The second-order valence-corrected chi connectivity index (χ2v) is 11.5. The molecule has 1 aliphatic heterocycles. The Hall–Kier alpha value is -0.220. The first-order valence-electron chi connectivity index (χ1n) is 10.1. The van der Waals surface area contributed by atoms with Crippen LogP contribution in [0, 0.1) is 10.5 Å². The largest absolute Gasteiger partial charge is 0.373 e. The average Bonchev–Trinajstić information content (AvgIpc) is 2.64. The molecule has 0 spiro atoms. The lowest BCUT2D eigenvalue weighted by Gasteiger charge is -2.54. The van der Waals surface area contributed by atoms with Gasteiger partial charge in [0.05, 0.1) is 12.7 Å². The van der Waals surface area contributed by atoms with E-state index in [2.05, 4.69) is 133 Å². The fraction of sp³-hybridized carbons (Fsp3) is 0.500. The Labute approximate surface area is 202 Å². The monoisotopic (exact) mass is 619 g/mol. The van der Waals surface area contributed by atoms with Gasteiger partial charge in [-0.15, -0.1) is 0 Å². The molecule has 0 bridgehead atoms. The van der Waals surface area contributed by atoms with Gasteiger partial charge in [-0.2, -0.15) is 5.06 Å². The molecule has 1 fully saturated rings. The Balaban J connectivity index is 1.68. The lowest BCUT2D eigenvalue weighted by atomic mass is 9.80. The fourth-order valence-electron chi connectivity index (χ4n) is 4.28. The number of hydrogen-bond acceptors (Lipinski definition) is 3. The van der Waals surface area contributed by atoms with Gasteiger partial charge in [-0.25, -0.2) is 0 Å². The van der Waals surface area contributed by atoms with Gasteiger partial charge in [0.25, 0.3) is 0 Å². The second-order valence-electron chi connectivity index (χ2n) is 9.19. The third kappa shape index (κ3) is 5.93. The average molecular weight is 619 g/mol. The summed E-state index contributed by atoms with van der Waals surface area (Å²) in [6.07, 6.45) is 2.10. The van der Waals surface area contributed by atoms with Gasteiger partial charge < -0.3 is 4.74 Å². The van der Waals surface area contributed by atoms with E-state index in [0.717, 1.165) is 12.8 Å². The molecule has 0 radical (unpaired) electrons. The van der Waals surface area contributed by atoms with Crippen molar-refractivity contribution in [2.24, 2.45) is 0 Å². The summed E-state index contributed by atoms with van der Waals surface area (Å²) in [5.41, 5.74) is 3.49. The van der Waals surface area contributed by atoms with Gasteiger partial charge in [-0.1, -0.05) is 48.0 Å². The van der Waals surface area contributed by atoms with Crippen molar-refractivity contribution in [3.8, 4) is 0 Å². The van der Waals surface area contributed by atoms with Crippen LogP contribution in [0.5, 0.6) is 0 Å². The Bertz CT molecular complexity index is 802. The highest BCUT2D eigenvalue weighted by Crippen LogP contribution is 2.43. The zero-order valence-electron chi connectivity index (χ0n) is 17.9. The highest BCUT2D eigenvalue weighted by molar-refractivity contribution is 14.1. The Morgan fingerprint density at radius 1 is 1.00 bits per heavy atom. The predicted molar refractivity (Wildman–Crippen MR) is 136 cm³/mol. The third-order valence-corrected chi connectivity index (χ3v) is 7.39. The van der Waals surface area contributed by atoms with E-state index < -0.39 is 0 Å². The molecule has 1 saturated heterocycles. The molecule has 1 atom stereocenters. The molecule has 0 amide bonds. The van der Waals surface area contributed by atoms with Gasteiger partial charge in [-0.3, -0.25) is 4.84 Å². The first-order valence-corrected chi connectivity index (χ1v) is 12.4. The van der Waals surface area contributed by atoms with Gasteiger partial charge >= 0.3 is 0 Å². The topological polar surface area (TPSA) is 21.7 Å². The molecule has 0 aromatic heterocycles. The number of rotatable bonds is 6. The Kier molecular flexibility index (Phi) is 7.68. The summed E-state index contributed by atoms with van der Waals surface area (Å²) < 4.78 is 7.56. The molecule has 5 heteroatoms. The number of ether oxygens (including phenoxy) is 1. The van der Waals surface area contributed by atoms with E-state index in [1.54, 1.807) is 0 Å². The highest BCUT2D eigenvalue weighted by atomic mass is 127. The van der Waals surface area contributed by atoms with Crippen LogP contribution in [0.3, 0.4) is 0 Å². The van der Waals surface area contributed by atoms with Crippen molar-refractivity contribution < 1.29 is 9.57 Å². The van der Waals surface area contributed by atoms with Gasteiger partial charge in [0.2, 0.25) is 0 Å². The molecule has 2 aromatic rings. The lowest BCUT2D eigenvalue weighted by Crippen LogP contribution is -2.61. The summed E-state index contributed by atoms with van der Waals surface area (Å²) in [4.78, 5) is 6.57. The molecule has 1 heterocycles. The molecular formula is C24H31I2NO2. The van der Waals surface area contributed by atoms with Crippen molar-refractivity contribution >= 4 is 45.2 Å². The summed E-state index contributed by atoms with van der Waals surface area (Å²) >= 11 is 4.79. The van der Waals surface area contributed by atoms with E-state index in [-0.39, 0.29) is 21.3 Å².